The summed E-state index contributed by atoms with van der Waals surface area (Å²) in [4.78, 5) is 24.5. The Bertz CT molecular complexity index is 742. The Kier molecular flexibility index (Phi) is 6.04. The number of hydrogen-bond acceptors (Lipinski definition) is 5. The molecule has 1 atom stereocenters. The van der Waals surface area contributed by atoms with E-state index in [9.17, 15) is 14.7 Å². The summed E-state index contributed by atoms with van der Waals surface area (Å²) in [7, 11) is 0. The first-order chi connectivity index (χ1) is 13.1. The van der Waals surface area contributed by atoms with Gasteiger partial charge in [0, 0.05) is 0 Å². The van der Waals surface area contributed by atoms with Crippen LogP contribution in [-0.4, -0.2) is 36.4 Å². The van der Waals surface area contributed by atoms with Gasteiger partial charge in [-0.15, -0.1) is 0 Å². The summed E-state index contributed by atoms with van der Waals surface area (Å²) in [5.41, 5.74) is 0.288. The molecule has 0 radical (unpaired) electrons. The fourth-order valence-electron chi connectivity index (χ4n) is 2.95. The van der Waals surface area contributed by atoms with Crippen LogP contribution in [0.4, 0.5) is 0 Å². The number of benzene rings is 2. The molecule has 0 saturated heterocycles. The number of rotatable bonds is 6. The third-order valence-electron chi connectivity index (χ3n) is 4.61. The van der Waals surface area contributed by atoms with Gasteiger partial charge in [-0.1, -0.05) is 48.6 Å². The van der Waals surface area contributed by atoms with E-state index >= 15 is 0 Å². The number of aliphatic hydroxyl groups is 1. The van der Waals surface area contributed by atoms with Crippen LogP contribution in [0.5, 0.6) is 0 Å². The van der Waals surface area contributed by atoms with E-state index in [4.69, 9.17) is 9.47 Å². The van der Waals surface area contributed by atoms with Crippen LogP contribution in [0.3, 0.4) is 0 Å². The number of carbonyl (C=O) groups excluding carboxylic acids is 2. The normalized spacial score (nSPS) is 17.9. The molecule has 0 aliphatic heterocycles. The highest BCUT2D eigenvalue weighted by molar-refractivity contribution is 5.89. The van der Waals surface area contributed by atoms with Gasteiger partial charge in [-0.25, -0.2) is 9.59 Å². The quantitative estimate of drug-likeness (QED) is 0.627. The highest BCUT2D eigenvalue weighted by Crippen LogP contribution is 2.32. The zero-order valence-electron chi connectivity index (χ0n) is 14.9. The summed E-state index contributed by atoms with van der Waals surface area (Å²) >= 11 is 0. The molecular formula is C22H22O5. The molecular weight excluding hydrogens is 344 g/mol. The van der Waals surface area contributed by atoms with Gasteiger partial charge in [-0.05, 0) is 37.1 Å². The van der Waals surface area contributed by atoms with Gasteiger partial charge < -0.3 is 14.6 Å². The van der Waals surface area contributed by atoms with E-state index in [0.29, 0.717) is 24.0 Å². The maximum atomic E-state index is 12.3. The van der Waals surface area contributed by atoms with Crippen molar-refractivity contribution in [2.45, 2.75) is 18.9 Å². The predicted octanol–water partition coefficient (Wildman–Crippen LogP) is 3.40. The van der Waals surface area contributed by atoms with Crippen LogP contribution >= 0.6 is 0 Å². The monoisotopic (exact) mass is 366 g/mol. The first-order valence-corrected chi connectivity index (χ1v) is 8.90. The number of aliphatic hydroxyl groups excluding tert-OH is 1. The fourth-order valence-corrected chi connectivity index (χ4v) is 2.95. The zero-order valence-corrected chi connectivity index (χ0v) is 14.9. The number of carbonyl (C=O) groups is 2. The molecule has 1 aliphatic rings. The SMILES string of the molecule is O=C(OCC1(COC(=O)c2ccccc2)C=CC(O)CC1)c1ccccc1. The molecule has 2 aromatic rings. The van der Waals surface area contributed by atoms with Gasteiger partial charge >= 0.3 is 11.9 Å². The lowest BCUT2D eigenvalue weighted by atomic mass is 9.79. The van der Waals surface area contributed by atoms with E-state index in [0.717, 1.165) is 0 Å². The minimum Gasteiger partial charge on any atom is -0.461 e. The van der Waals surface area contributed by atoms with Crippen molar-refractivity contribution in [3.8, 4) is 0 Å². The molecule has 0 bridgehead atoms. The molecule has 1 N–H and O–H groups in total. The number of esters is 2. The first kappa shape index (κ1) is 18.9. The fraction of sp³-hybridized carbons (Fsp3) is 0.273. The summed E-state index contributed by atoms with van der Waals surface area (Å²) in [6, 6.07) is 17.5. The van der Waals surface area contributed by atoms with Crippen LogP contribution < -0.4 is 0 Å². The Hall–Kier alpha value is -2.92. The highest BCUT2D eigenvalue weighted by atomic mass is 16.5. The van der Waals surface area contributed by atoms with E-state index in [1.165, 1.54) is 0 Å². The van der Waals surface area contributed by atoms with Gasteiger partial charge in [-0.3, -0.25) is 0 Å². The third-order valence-corrected chi connectivity index (χ3v) is 4.61. The Morgan fingerprint density at radius 3 is 1.78 bits per heavy atom. The molecule has 140 valence electrons. The maximum Gasteiger partial charge on any atom is 0.338 e. The predicted molar refractivity (Wildman–Crippen MR) is 100 cm³/mol. The maximum absolute atomic E-state index is 12.3. The molecule has 3 rings (SSSR count). The molecule has 0 saturated carbocycles. The second-order valence-corrected chi connectivity index (χ2v) is 6.71. The minimum atomic E-state index is -0.645. The largest absolute Gasteiger partial charge is 0.461 e. The smallest absolute Gasteiger partial charge is 0.338 e. The van der Waals surface area contributed by atoms with Crippen molar-refractivity contribution in [1.82, 2.24) is 0 Å². The van der Waals surface area contributed by atoms with Gasteiger partial charge in [0.2, 0.25) is 0 Å². The lowest BCUT2D eigenvalue weighted by molar-refractivity contribution is 0.00148. The van der Waals surface area contributed by atoms with Crippen molar-refractivity contribution in [3.63, 3.8) is 0 Å². The van der Waals surface area contributed by atoms with Crippen molar-refractivity contribution in [1.29, 1.82) is 0 Å². The Morgan fingerprint density at radius 2 is 1.37 bits per heavy atom. The van der Waals surface area contributed by atoms with Gasteiger partial charge in [-0.2, -0.15) is 0 Å². The minimum absolute atomic E-state index is 0.0754. The average molecular weight is 366 g/mol. The number of ether oxygens (including phenoxy) is 2. The summed E-state index contributed by atoms with van der Waals surface area (Å²) in [6.45, 7) is 0.151. The van der Waals surface area contributed by atoms with Crippen molar-refractivity contribution in [3.05, 3.63) is 83.9 Å². The van der Waals surface area contributed by atoms with Crippen molar-refractivity contribution in [2.75, 3.05) is 13.2 Å². The third kappa shape index (κ3) is 5.05. The molecule has 27 heavy (non-hydrogen) atoms. The lowest BCUT2D eigenvalue weighted by Gasteiger charge is -2.33. The highest BCUT2D eigenvalue weighted by Gasteiger charge is 2.34. The van der Waals surface area contributed by atoms with Crippen LogP contribution in [0, 0.1) is 5.41 Å². The topological polar surface area (TPSA) is 72.8 Å². The standard InChI is InChI=1S/C22H22O5/c23-19-11-13-22(14-12-19,15-26-20(24)17-7-3-1-4-8-17)16-27-21(25)18-9-5-2-6-10-18/h1-11,13,19,23H,12,14-16H2. The zero-order chi connectivity index (χ0) is 19.1. The summed E-state index contributed by atoms with van der Waals surface area (Å²) in [5.74, 6) is -0.854. The van der Waals surface area contributed by atoms with E-state index in [1.807, 2.05) is 12.1 Å². The van der Waals surface area contributed by atoms with Gasteiger partial charge in [0.25, 0.3) is 0 Å². The lowest BCUT2D eigenvalue weighted by Crippen LogP contribution is -2.36. The van der Waals surface area contributed by atoms with Crippen LogP contribution in [0.15, 0.2) is 72.8 Å². The molecule has 0 aromatic heterocycles. The summed E-state index contributed by atoms with van der Waals surface area (Å²) in [5, 5.41) is 9.75. The average Bonchev–Trinajstić information content (AvgIpc) is 2.73. The first-order valence-electron chi connectivity index (χ1n) is 8.90. The van der Waals surface area contributed by atoms with Crippen LogP contribution in [0.1, 0.15) is 33.6 Å². The Balaban J connectivity index is 1.66. The van der Waals surface area contributed by atoms with E-state index < -0.39 is 23.5 Å². The Labute approximate surface area is 158 Å². The molecule has 1 aliphatic carbocycles. The molecule has 0 fully saturated rings. The van der Waals surface area contributed by atoms with E-state index in [2.05, 4.69) is 0 Å². The molecule has 0 amide bonds. The van der Waals surface area contributed by atoms with Crippen molar-refractivity contribution in [2.24, 2.45) is 5.41 Å². The second-order valence-electron chi connectivity index (χ2n) is 6.71. The van der Waals surface area contributed by atoms with Crippen LogP contribution in [0.25, 0.3) is 0 Å². The summed E-state index contributed by atoms with van der Waals surface area (Å²) in [6.07, 6.45) is 3.98. The van der Waals surface area contributed by atoms with Crippen molar-refractivity contribution >= 4 is 11.9 Å². The molecule has 5 nitrogen and oxygen atoms in total. The van der Waals surface area contributed by atoms with Gasteiger partial charge in [0.15, 0.2) is 0 Å². The Morgan fingerprint density at radius 1 is 0.889 bits per heavy atom. The molecule has 0 heterocycles. The van der Waals surface area contributed by atoms with E-state index in [1.54, 1.807) is 60.7 Å². The van der Waals surface area contributed by atoms with Gasteiger partial charge in [0.1, 0.15) is 13.2 Å². The van der Waals surface area contributed by atoms with Gasteiger partial charge in [0.05, 0.1) is 22.6 Å². The van der Waals surface area contributed by atoms with Crippen LogP contribution in [0.2, 0.25) is 0 Å². The second kappa shape index (κ2) is 8.64. The molecule has 0 spiro atoms. The molecule has 5 heteroatoms. The van der Waals surface area contributed by atoms with Crippen molar-refractivity contribution < 1.29 is 24.2 Å². The number of hydrogen-bond donors (Lipinski definition) is 1. The molecule has 2 aromatic carbocycles. The van der Waals surface area contributed by atoms with E-state index in [-0.39, 0.29) is 13.2 Å². The summed E-state index contributed by atoms with van der Waals surface area (Å²) < 4.78 is 11.0. The molecule has 1 unspecified atom stereocenters. The van der Waals surface area contributed by atoms with Crippen LogP contribution in [-0.2, 0) is 9.47 Å².